The van der Waals surface area contributed by atoms with Crippen LogP contribution in [0.1, 0.15) is 31.7 Å². The molecule has 2 rings (SSSR count). The molecule has 0 amide bonds. The molecule has 5 heteroatoms. The molecule has 1 heterocycles. The summed E-state index contributed by atoms with van der Waals surface area (Å²) in [5.74, 6) is 0. The molecule has 1 fully saturated rings. The predicted molar refractivity (Wildman–Crippen MR) is 74.4 cm³/mol. The van der Waals surface area contributed by atoms with Crippen LogP contribution in [0.3, 0.4) is 0 Å². The van der Waals surface area contributed by atoms with Crippen molar-refractivity contribution in [2.45, 2.75) is 43.5 Å². The monoisotopic (exact) mass is 283 g/mol. The maximum Gasteiger partial charge on any atom is 0.243 e. The number of hydrogen-bond acceptors (Lipinski definition) is 3. The first-order chi connectivity index (χ1) is 9.09. The van der Waals surface area contributed by atoms with Crippen molar-refractivity contribution in [1.29, 1.82) is 0 Å². The molecular weight excluding hydrogens is 262 g/mol. The molecule has 1 aromatic carbocycles. The lowest BCUT2D eigenvalue weighted by atomic mass is 10.1. The Morgan fingerprint density at radius 3 is 2.58 bits per heavy atom. The van der Waals surface area contributed by atoms with Gasteiger partial charge in [0.15, 0.2) is 0 Å². The standard InChI is InChI=1S/C14H21NO3S/c1-2-4-12-6-8-14(9-7-12)19(17,18)15-10-3-5-13(15)11-16/h6-9,13,16H,2-5,10-11H2,1H3. The van der Waals surface area contributed by atoms with E-state index in [-0.39, 0.29) is 12.6 Å². The van der Waals surface area contributed by atoms with Crippen molar-refractivity contribution in [1.82, 2.24) is 4.31 Å². The van der Waals surface area contributed by atoms with Crippen LogP contribution >= 0.6 is 0 Å². The van der Waals surface area contributed by atoms with Crippen molar-refractivity contribution >= 4 is 10.0 Å². The van der Waals surface area contributed by atoms with Gasteiger partial charge in [-0.3, -0.25) is 0 Å². The first-order valence-corrected chi connectivity index (χ1v) is 8.25. The first-order valence-electron chi connectivity index (χ1n) is 6.81. The van der Waals surface area contributed by atoms with Crippen LogP contribution < -0.4 is 0 Å². The van der Waals surface area contributed by atoms with Gasteiger partial charge in [-0.05, 0) is 37.0 Å². The van der Waals surface area contributed by atoms with Gasteiger partial charge in [-0.2, -0.15) is 4.31 Å². The van der Waals surface area contributed by atoms with E-state index >= 15 is 0 Å². The third kappa shape index (κ3) is 2.99. The summed E-state index contributed by atoms with van der Waals surface area (Å²) in [4.78, 5) is 0.327. The third-order valence-corrected chi connectivity index (χ3v) is 5.57. The smallest absolute Gasteiger partial charge is 0.243 e. The van der Waals surface area contributed by atoms with Crippen LogP contribution in [0.15, 0.2) is 29.2 Å². The Bertz CT molecular complexity index is 510. The molecule has 0 spiro atoms. The zero-order chi connectivity index (χ0) is 13.9. The SMILES string of the molecule is CCCc1ccc(S(=O)(=O)N2CCCC2CO)cc1. The molecule has 1 N–H and O–H groups in total. The molecule has 1 aliphatic heterocycles. The molecule has 1 saturated heterocycles. The summed E-state index contributed by atoms with van der Waals surface area (Å²) >= 11 is 0. The maximum atomic E-state index is 12.5. The topological polar surface area (TPSA) is 57.6 Å². The van der Waals surface area contributed by atoms with Gasteiger partial charge in [-0.25, -0.2) is 8.42 Å². The average molecular weight is 283 g/mol. The second-order valence-corrected chi connectivity index (χ2v) is 6.88. The van der Waals surface area contributed by atoms with Crippen molar-refractivity contribution in [3.05, 3.63) is 29.8 Å². The third-order valence-electron chi connectivity index (χ3n) is 3.60. The van der Waals surface area contributed by atoms with Gasteiger partial charge in [-0.15, -0.1) is 0 Å². The van der Waals surface area contributed by atoms with E-state index in [2.05, 4.69) is 6.92 Å². The van der Waals surface area contributed by atoms with Crippen molar-refractivity contribution in [3.8, 4) is 0 Å². The summed E-state index contributed by atoms with van der Waals surface area (Å²) in [5, 5.41) is 9.25. The number of rotatable bonds is 5. The van der Waals surface area contributed by atoms with Gasteiger partial charge in [-0.1, -0.05) is 25.5 Å². The van der Waals surface area contributed by atoms with Crippen LogP contribution in [0.5, 0.6) is 0 Å². The lowest BCUT2D eigenvalue weighted by molar-refractivity contribution is 0.213. The van der Waals surface area contributed by atoms with E-state index in [0.717, 1.165) is 31.2 Å². The number of aliphatic hydroxyl groups is 1. The molecule has 19 heavy (non-hydrogen) atoms. The van der Waals surface area contributed by atoms with Crippen molar-refractivity contribution in [2.24, 2.45) is 0 Å². The van der Waals surface area contributed by atoms with Crippen LogP contribution in [-0.2, 0) is 16.4 Å². The van der Waals surface area contributed by atoms with Gasteiger partial charge in [0.05, 0.1) is 11.5 Å². The second-order valence-electron chi connectivity index (χ2n) is 4.99. The van der Waals surface area contributed by atoms with Gasteiger partial charge in [0.25, 0.3) is 0 Å². The van der Waals surface area contributed by atoms with Crippen molar-refractivity contribution < 1.29 is 13.5 Å². The van der Waals surface area contributed by atoms with E-state index in [1.165, 1.54) is 4.31 Å². The summed E-state index contributed by atoms with van der Waals surface area (Å²) in [6.45, 7) is 2.50. The van der Waals surface area contributed by atoms with Crippen molar-refractivity contribution in [3.63, 3.8) is 0 Å². The van der Waals surface area contributed by atoms with Crippen LogP contribution in [-0.4, -0.2) is 37.0 Å². The normalized spacial score (nSPS) is 20.8. The summed E-state index contributed by atoms with van der Waals surface area (Å²) in [6.07, 6.45) is 3.57. The van der Waals surface area contributed by atoms with Crippen LogP contribution in [0.4, 0.5) is 0 Å². The molecule has 1 aliphatic rings. The summed E-state index contributed by atoms with van der Waals surface area (Å²) in [6, 6.07) is 6.83. The molecule has 0 aromatic heterocycles. The highest BCUT2D eigenvalue weighted by Crippen LogP contribution is 2.26. The van der Waals surface area contributed by atoms with E-state index in [4.69, 9.17) is 0 Å². The van der Waals surface area contributed by atoms with E-state index < -0.39 is 10.0 Å². The zero-order valence-electron chi connectivity index (χ0n) is 11.2. The largest absolute Gasteiger partial charge is 0.395 e. The lowest BCUT2D eigenvalue weighted by Crippen LogP contribution is -2.37. The quantitative estimate of drug-likeness (QED) is 0.896. The number of aliphatic hydroxyl groups excluding tert-OH is 1. The predicted octanol–water partition coefficient (Wildman–Crippen LogP) is 1.78. The molecular formula is C14H21NO3S. The Labute approximate surface area is 115 Å². The average Bonchev–Trinajstić information content (AvgIpc) is 2.89. The summed E-state index contributed by atoms with van der Waals surface area (Å²) in [7, 11) is -3.46. The minimum atomic E-state index is -3.46. The highest BCUT2D eigenvalue weighted by molar-refractivity contribution is 7.89. The first kappa shape index (κ1) is 14.5. The molecule has 1 aromatic rings. The molecule has 1 unspecified atom stereocenters. The van der Waals surface area contributed by atoms with Gasteiger partial charge >= 0.3 is 0 Å². The van der Waals surface area contributed by atoms with Crippen LogP contribution in [0.25, 0.3) is 0 Å². The highest BCUT2D eigenvalue weighted by Gasteiger charge is 2.34. The lowest BCUT2D eigenvalue weighted by Gasteiger charge is -2.22. The number of sulfonamides is 1. The minimum Gasteiger partial charge on any atom is -0.395 e. The van der Waals surface area contributed by atoms with E-state index in [0.29, 0.717) is 11.4 Å². The van der Waals surface area contributed by atoms with Crippen LogP contribution in [0, 0.1) is 0 Å². The van der Waals surface area contributed by atoms with E-state index in [1.807, 2.05) is 12.1 Å². The number of nitrogens with zero attached hydrogens (tertiary/aromatic N) is 1. The molecule has 0 bridgehead atoms. The minimum absolute atomic E-state index is 0.104. The van der Waals surface area contributed by atoms with Gasteiger partial charge < -0.3 is 5.11 Å². The highest BCUT2D eigenvalue weighted by atomic mass is 32.2. The summed E-state index contributed by atoms with van der Waals surface area (Å²) < 4.78 is 26.4. The maximum absolute atomic E-state index is 12.5. The Balaban J connectivity index is 2.24. The fourth-order valence-corrected chi connectivity index (χ4v) is 4.25. The molecule has 0 radical (unpaired) electrons. The van der Waals surface area contributed by atoms with E-state index in [9.17, 15) is 13.5 Å². The molecule has 106 valence electrons. The molecule has 0 saturated carbocycles. The zero-order valence-corrected chi connectivity index (χ0v) is 12.1. The number of aryl methyl sites for hydroxylation is 1. The Kier molecular flexibility index (Phi) is 4.60. The van der Waals surface area contributed by atoms with E-state index in [1.54, 1.807) is 12.1 Å². The fourth-order valence-electron chi connectivity index (χ4n) is 2.56. The van der Waals surface area contributed by atoms with Gasteiger partial charge in [0.2, 0.25) is 10.0 Å². The Hall–Kier alpha value is -0.910. The van der Waals surface area contributed by atoms with Crippen molar-refractivity contribution in [2.75, 3.05) is 13.2 Å². The molecule has 0 aliphatic carbocycles. The second kappa shape index (κ2) is 6.03. The fraction of sp³-hybridized carbons (Fsp3) is 0.571. The Morgan fingerprint density at radius 2 is 2.00 bits per heavy atom. The Morgan fingerprint density at radius 1 is 1.32 bits per heavy atom. The number of benzene rings is 1. The molecule has 4 nitrogen and oxygen atoms in total. The number of hydrogen-bond donors (Lipinski definition) is 1. The van der Waals surface area contributed by atoms with Gasteiger partial charge in [0, 0.05) is 12.6 Å². The van der Waals surface area contributed by atoms with Gasteiger partial charge in [0.1, 0.15) is 0 Å². The molecule has 1 atom stereocenters. The summed E-state index contributed by atoms with van der Waals surface area (Å²) in [5.41, 5.74) is 1.15. The van der Waals surface area contributed by atoms with Crippen LogP contribution in [0.2, 0.25) is 0 Å².